The summed E-state index contributed by atoms with van der Waals surface area (Å²) in [5, 5.41) is 0. The van der Waals surface area contributed by atoms with Crippen LogP contribution in [0.2, 0.25) is 0 Å². The average molecular weight is 204 g/mol. The van der Waals surface area contributed by atoms with E-state index in [1.165, 1.54) is 5.56 Å². The van der Waals surface area contributed by atoms with E-state index >= 15 is 0 Å². The van der Waals surface area contributed by atoms with Gasteiger partial charge in [0.05, 0.1) is 0 Å². The number of hydrogen-bond acceptors (Lipinski definition) is 2. The maximum Gasteiger partial charge on any atom is 0.231 e. The average Bonchev–Trinajstić information content (AvgIpc) is 2.65. The highest BCUT2D eigenvalue weighted by molar-refractivity contribution is 5.44. The maximum absolute atomic E-state index is 5.34. The summed E-state index contributed by atoms with van der Waals surface area (Å²) in [6, 6.07) is 6.16. The van der Waals surface area contributed by atoms with Crippen LogP contribution in [0.1, 0.15) is 19.4 Å². The molecule has 1 aromatic carbocycles. The first-order valence-corrected chi connectivity index (χ1v) is 5.31. The van der Waals surface area contributed by atoms with Crippen molar-refractivity contribution in [3.05, 3.63) is 35.9 Å². The topological polar surface area (TPSA) is 18.5 Å². The Morgan fingerprint density at radius 3 is 2.93 bits per heavy atom. The van der Waals surface area contributed by atoms with Crippen LogP contribution >= 0.6 is 0 Å². The van der Waals surface area contributed by atoms with E-state index in [1.807, 2.05) is 6.07 Å². The van der Waals surface area contributed by atoms with Crippen molar-refractivity contribution >= 4 is 0 Å². The van der Waals surface area contributed by atoms with Crippen LogP contribution in [-0.2, 0) is 6.42 Å². The van der Waals surface area contributed by atoms with Crippen molar-refractivity contribution in [3.8, 4) is 11.5 Å². The molecule has 0 saturated carbocycles. The highest BCUT2D eigenvalue weighted by Crippen LogP contribution is 2.33. The van der Waals surface area contributed by atoms with Gasteiger partial charge < -0.3 is 9.47 Å². The molecule has 0 radical (unpaired) electrons. The first kappa shape index (κ1) is 10.1. The molecule has 0 aromatic heterocycles. The highest BCUT2D eigenvalue weighted by atomic mass is 16.7. The SMILES string of the molecule is C/C=C\C(C)Cc1ccc2c(c1)OCO2. The van der Waals surface area contributed by atoms with E-state index in [0.29, 0.717) is 12.7 Å². The van der Waals surface area contributed by atoms with Gasteiger partial charge >= 0.3 is 0 Å². The van der Waals surface area contributed by atoms with Gasteiger partial charge in [-0.05, 0) is 37.0 Å². The first-order chi connectivity index (χ1) is 7.29. The third kappa shape index (κ3) is 2.32. The minimum atomic E-state index is 0.350. The number of fused-ring (bicyclic) bond motifs is 1. The maximum atomic E-state index is 5.34. The van der Waals surface area contributed by atoms with Crippen LogP contribution in [0.15, 0.2) is 30.4 Å². The predicted molar refractivity (Wildman–Crippen MR) is 60.2 cm³/mol. The van der Waals surface area contributed by atoms with Gasteiger partial charge in [0.1, 0.15) is 0 Å². The molecule has 1 atom stereocenters. The predicted octanol–water partition coefficient (Wildman–Crippen LogP) is 3.17. The molecule has 1 unspecified atom stereocenters. The summed E-state index contributed by atoms with van der Waals surface area (Å²) < 4.78 is 10.6. The number of allylic oxidation sites excluding steroid dienone is 2. The van der Waals surface area contributed by atoms with Gasteiger partial charge in [0.15, 0.2) is 11.5 Å². The van der Waals surface area contributed by atoms with E-state index < -0.39 is 0 Å². The summed E-state index contributed by atoms with van der Waals surface area (Å²) in [4.78, 5) is 0. The standard InChI is InChI=1S/C13H16O2/c1-3-4-10(2)7-11-5-6-12-13(8-11)15-9-14-12/h3-6,8,10H,7,9H2,1-2H3/b4-3-. The Kier molecular flexibility index (Phi) is 2.95. The van der Waals surface area contributed by atoms with Crippen molar-refractivity contribution in [2.75, 3.05) is 6.79 Å². The van der Waals surface area contributed by atoms with Crippen LogP contribution in [0, 0.1) is 5.92 Å². The van der Waals surface area contributed by atoms with Crippen LogP contribution in [0.25, 0.3) is 0 Å². The second-order valence-corrected chi connectivity index (χ2v) is 3.89. The van der Waals surface area contributed by atoms with Crippen LogP contribution in [0.3, 0.4) is 0 Å². The normalized spacial score (nSPS) is 15.9. The molecule has 80 valence electrons. The first-order valence-electron chi connectivity index (χ1n) is 5.31. The van der Waals surface area contributed by atoms with Crippen LogP contribution < -0.4 is 9.47 Å². The zero-order valence-electron chi connectivity index (χ0n) is 9.19. The molecular formula is C13H16O2. The minimum Gasteiger partial charge on any atom is -0.454 e. The lowest BCUT2D eigenvalue weighted by molar-refractivity contribution is 0.174. The molecule has 0 amide bonds. The molecule has 15 heavy (non-hydrogen) atoms. The fourth-order valence-electron chi connectivity index (χ4n) is 1.84. The van der Waals surface area contributed by atoms with Crippen LogP contribution in [0.5, 0.6) is 11.5 Å². The zero-order valence-corrected chi connectivity index (χ0v) is 9.19. The van der Waals surface area contributed by atoms with Crippen molar-refractivity contribution in [2.45, 2.75) is 20.3 Å². The van der Waals surface area contributed by atoms with E-state index in [0.717, 1.165) is 17.9 Å². The smallest absolute Gasteiger partial charge is 0.231 e. The molecular weight excluding hydrogens is 188 g/mol. The summed E-state index contributed by atoms with van der Waals surface area (Å²) in [6.07, 6.45) is 5.35. The van der Waals surface area contributed by atoms with E-state index in [4.69, 9.17) is 9.47 Å². The molecule has 1 heterocycles. The Balaban J connectivity index is 2.10. The van der Waals surface area contributed by atoms with Crippen molar-refractivity contribution in [2.24, 2.45) is 5.92 Å². The van der Waals surface area contributed by atoms with E-state index in [-0.39, 0.29) is 0 Å². The summed E-state index contributed by atoms with van der Waals surface area (Å²) in [5.41, 5.74) is 1.30. The van der Waals surface area contributed by atoms with Gasteiger partial charge in [-0.15, -0.1) is 0 Å². The van der Waals surface area contributed by atoms with Gasteiger partial charge in [0.2, 0.25) is 6.79 Å². The molecule has 0 fully saturated rings. The van der Waals surface area contributed by atoms with Crippen LogP contribution in [0.4, 0.5) is 0 Å². The zero-order chi connectivity index (χ0) is 10.7. The fraction of sp³-hybridized carbons (Fsp3) is 0.385. The fourth-order valence-corrected chi connectivity index (χ4v) is 1.84. The van der Waals surface area contributed by atoms with Crippen LogP contribution in [-0.4, -0.2) is 6.79 Å². The molecule has 2 nitrogen and oxygen atoms in total. The Labute approximate surface area is 90.5 Å². The molecule has 1 aromatic rings. The van der Waals surface area contributed by atoms with Crippen molar-refractivity contribution < 1.29 is 9.47 Å². The molecule has 2 heteroatoms. The summed E-state index contributed by atoms with van der Waals surface area (Å²) >= 11 is 0. The van der Waals surface area contributed by atoms with Crippen molar-refractivity contribution in [1.29, 1.82) is 0 Å². The Morgan fingerprint density at radius 1 is 1.33 bits per heavy atom. The van der Waals surface area contributed by atoms with Crippen molar-refractivity contribution in [1.82, 2.24) is 0 Å². The molecule has 1 aliphatic heterocycles. The largest absolute Gasteiger partial charge is 0.454 e. The van der Waals surface area contributed by atoms with E-state index in [1.54, 1.807) is 0 Å². The molecule has 0 saturated heterocycles. The minimum absolute atomic E-state index is 0.350. The van der Waals surface area contributed by atoms with Gasteiger partial charge in [-0.3, -0.25) is 0 Å². The molecule has 0 aliphatic carbocycles. The van der Waals surface area contributed by atoms with Gasteiger partial charge in [-0.25, -0.2) is 0 Å². The lowest BCUT2D eigenvalue weighted by Crippen LogP contribution is -1.95. The van der Waals surface area contributed by atoms with Gasteiger partial charge in [-0.1, -0.05) is 25.1 Å². The Hall–Kier alpha value is -1.44. The molecule has 0 spiro atoms. The van der Waals surface area contributed by atoms with Gasteiger partial charge in [0.25, 0.3) is 0 Å². The van der Waals surface area contributed by atoms with E-state index in [9.17, 15) is 0 Å². The highest BCUT2D eigenvalue weighted by Gasteiger charge is 2.13. The summed E-state index contributed by atoms with van der Waals surface area (Å²) in [6.45, 7) is 4.62. The monoisotopic (exact) mass is 204 g/mol. The number of benzene rings is 1. The van der Waals surface area contributed by atoms with E-state index in [2.05, 4.69) is 38.1 Å². The summed E-state index contributed by atoms with van der Waals surface area (Å²) in [5.74, 6) is 2.30. The Morgan fingerprint density at radius 2 is 2.13 bits per heavy atom. The Bertz CT molecular complexity index is 369. The summed E-state index contributed by atoms with van der Waals surface area (Å²) in [7, 11) is 0. The number of hydrogen-bond donors (Lipinski definition) is 0. The molecule has 2 rings (SSSR count). The lowest BCUT2D eigenvalue weighted by Gasteiger charge is -2.06. The van der Waals surface area contributed by atoms with Crippen molar-refractivity contribution in [3.63, 3.8) is 0 Å². The molecule has 1 aliphatic rings. The molecule has 0 N–H and O–H groups in total. The quantitative estimate of drug-likeness (QED) is 0.704. The third-order valence-corrected chi connectivity index (χ3v) is 2.52. The molecule has 0 bridgehead atoms. The second kappa shape index (κ2) is 4.39. The number of rotatable bonds is 3. The third-order valence-electron chi connectivity index (χ3n) is 2.52. The van der Waals surface area contributed by atoms with Gasteiger partial charge in [0, 0.05) is 0 Å². The van der Waals surface area contributed by atoms with Gasteiger partial charge in [-0.2, -0.15) is 0 Å². The second-order valence-electron chi connectivity index (χ2n) is 3.89. The lowest BCUT2D eigenvalue weighted by atomic mass is 10.0. The number of ether oxygens (including phenoxy) is 2.